The van der Waals surface area contributed by atoms with E-state index in [9.17, 15) is 19.7 Å². The fourth-order valence-electron chi connectivity index (χ4n) is 1.47. The third kappa shape index (κ3) is 1.98. The quantitative estimate of drug-likeness (QED) is 0.585. The molecule has 0 aliphatic heterocycles. The average molecular weight is 233 g/mol. The summed E-state index contributed by atoms with van der Waals surface area (Å²) in [6.45, 7) is 0. The van der Waals surface area contributed by atoms with E-state index >= 15 is 0 Å². The molecule has 0 bridgehead atoms. The Morgan fingerprint density at radius 3 is 2.29 bits per heavy atom. The minimum absolute atomic E-state index is 0.0932. The van der Waals surface area contributed by atoms with Gasteiger partial charge >= 0.3 is 16.9 Å². The van der Waals surface area contributed by atoms with Gasteiger partial charge in [0.2, 0.25) is 0 Å². The summed E-state index contributed by atoms with van der Waals surface area (Å²) in [5.74, 6) is 0. The van der Waals surface area contributed by atoms with Gasteiger partial charge < -0.3 is 4.98 Å². The Hall–Kier alpha value is -2.70. The molecule has 0 aliphatic rings. The maximum atomic E-state index is 11.4. The van der Waals surface area contributed by atoms with Gasteiger partial charge in [-0.3, -0.25) is 19.9 Å². The van der Waals surface area contributed by atoms with Crippen LogP contribution in [0.1, 0.15) is 0 Å². The van der Waals surface area contributed by atoms with Gasteiger partial charge in [0.1, 0.15) is 5.69 Å². The predicted octanol–water partition coefficient (Wildman–Crippen LogP) is 0.638. The number of rotatable bonds is 2. The Kier molecular flexibility index (Phi) is 2.57. The van der Waals surface area contributed by atoms with Gasteiger partial charge in [-0.25, -0.2) is 4.79 Å². The lowest BCUT2D eigenvalue weighted by molar-refractivity contribution is -0.385. The number of hydrogen-bond donors (Lipinski definition) is 2. The maximum absolute atomic E-state index is 11.4. The van der Waals surface area contributed by atoms with Crippen molar-refractivity contribution in [2.24, 2.45) is 0 Å². The number of H-pyrrole nitrogens is 2. The van der Waals surface area contributed by atoms with Crippen LogP contribution < -0.4 is 11.2 Å². The smallest absolute Gasteiger partial charge is 0.301 e. The summed E-state index contributed by atoms with van der Waals surface area (Å²) in [5.41, 5.74) is -2.15. The van der Waals surface area contributed by atoms with Crippen LogP contribution in [0.5, 0.6) is 0 Å². The highest BCUT2D eigenvalue weighted by atomic mass is 16.6. The zero-order valence-corrected chi connectivity index (χ0v) is 8.47. The van der Waals surface area contributed by atoms with Crippen molar-refractivity contribution in [2.45, 2.75) is 0 Å². The molecule has 0 radical (unpaired) electrons. The summed E-state index contributed by atoms with van der Waals surface area (Å²) in [5, 5.41) is 10.8. The zero-order chi connectivity index (χ0) is 12.4. The molecular weight excluding hydrogens is 226 g/mol. The van der Waals surface area contributed by atoms with Crippen LogP contribution >= 0.6 is 0 Å². The lowest BCUT2D eigenvalue weighted by Crippen LogP contribution is -2.25. The summed E-state index contributed by atoms with van der Waals surface area (Å²) in [4.78, 5) is 36.5. The van der Waals surface area contributed by atoms with Crippen molar-refractivity contribution in [3.8, 4) is 11.3 Å². The van der Waals surface area contributed by atoms with E-state index in [-0.39, 0.29) is 5.69 Å². The number of hydrogen-bond acceptors (Lipinski definition) is 4. The fraction of sp³-hybridized carbons (Fsp3) is 0. The molecule has 0 atom stereocenters. The maximum Gasteiger partial charge on any atom is 0.357 e. The summed E-state index contributed by atoms with van der Waals surface area (Å²) in [7, 11) is 0. The Morgan fingerprint density at radius 1 is 1.06 bits per heavy atom. The molecule has 0 amide bonds. The molecule has 1 aromatic carbocycles. The molecule has 1 heterocycles. The summed E-state index contributed by atoms with van der Waals surface area (Å²) in [6, 6.07) is 8.16. The fourth-order valence-corrected chi connectivity index (χ4v) is 1.47. The van der Waals surface area contributed by atoms with E-state index in [1.807, 2.05) is 4.98 Å². The number of nitrogens with one attached hydrogen (secondary N) is 2. The van der Waals surface area contributed by atoms with Crippen LogP contribution in [-0.4, -0.2) is 14.9 Å². The average Bonchev–Trinajstić information content (AvgIpc) is 2.28. The highest BCUT2D eigenvalue weighted by molar-refractivity contribution is 5.68. The van der Waals surface area contributed by atoms with Crippen molar-refractivity contribution in [2.75, 3.05) is 0 Å². The summed E-state index contributed by atoms with van der Waals surface area (Å²) < 4.78 is 0. The van der Waals surface area contributed by atoms with Gasteiger partial charge in [0.25, 0.3) is 0 Å². The second-order valence-electron chi connectivity index (χ2n) is 3.25. The highest BCUT2D eigenvalue weighted by Crippen LogP contribution is 2.22. The van der Waals surface area contributed by atoms with E-state index in [0.717, 1.165) is 0 Å². The second-order valence-corrected chi connectivity index (χ2v) is 3.25. The first-order valence-electron chi connectivity index (χ1n) is 4.66. The molecule has 1 aromatic heterocycles. The first kappa shape index (κ1) is 10.8. The Labute approximate surface area is 93.9 Å². The molecule has 7 heteroatoms. The second kappa shape index (κ2) is 4.05. The number of nitro groups is 1. The molecule has 0 saturated heterocycles. The van der Waals surface area contributed by atoms with Crippen molar-refractivity contribution >= 4 is 5.69 Å². The Balaban J connectivity index is 2.82. The number of nitrogens with zero attached hydrogens (tertiary/aromatic N) is 1. The number of benzene rings is 1. The minimum atomic E-state index is -1.02. The molecular formula is C10H7N3O4. The van der Waals surface area contributed by atoms with Gasteiger partial charge in [-0.05, 0) is 0 Å². The molecule has 0 fully saturated rings. The van der Waals surface area contributed by atoms with Gasteiger partial charge in [-0.1, -0.05) is 30.3 Å². The standard InChI is InChI=1S/C10H7N3O4/c14-9-8(13(16)17)7(11-10(15)12-9)6-4-2-1-3-5-6/h1-5H,(H2,11,12,14,15). The summed E-state index contributed by atoms with van der Waals surface area (Å²) >= 11 is 0. The van der Waals surface area contributed by atoms with E-state index in [0.29, 0.717) is 5.56 Å². The van der Waals surface area contributed by atoms with E-state index < -0.39 is 21.9 Å². The van der Waals surface area contributed by atoms with Gasteiger partial charge in [0, 0.05) is 5.56 Å². The molecule has 17 heavy (non-hydrogen) atoms. The molecule has 7 nitrogen and oxygen atoms in total. The predicted molar refractivity (Wildman–Crippen MR) is 59.8 cm³/mol. The Bertz CT molecular complexity index is 672. The van der Waals surface area contributed by atoms with Crippen LogP contribution in [0.3, 0.4) is 0 Å². The SMILES string of the molecule is O=c1[nH]c(-c2ccccc2)c([N+](=O)[O-])c(=O)[nH]1. The van der Waals surface area contributed by atoms with Crippen LogP contribution in [-0.2, 0) is 0 Å². The first-order chi connectivity index (χ1) is 8.09. The molecule has 2 aromatic rings. The summed E-state index contributed by atoms with van der Waals surface area (Å²) in [6.07, 6.45) is 0. The van der Waals surface area contributed by atoms with Crippen molar-refractivity contribution in [3.05, 3.63) is 61.3 Å². The monoisotopic (exact) mass is 233 g/mol. The highest BCUT2D eigenvalue weighted by Gasteiger charge is 2.21. The van der Waals surface area contributed by atoms with Crippen LogP contribution in [0.4, 0.5) is 5.69 Å². The third-order valence-corrected chi connectivity index (χ3v) is 2.16. The van der Waals surface area contributed by atoms with Crippen molar-refractivity contribution in [1.29, 1.82) is 0 Å². The zero-order valence-electron chi connectivity index (χ0n) is 8.47. The molecule has 86 valence electrons. The molecule has 0 aliphatic carbocycles. The largest absolute Gasteiger partial charge is 0.357 e. The van der Waals surface area contributed by atoms with Crippen LogP contribution in [0.15, 0.2) is 39.9 Å². The van der Waals surface area contributed by atoms with Crippen LogP contribution in [0.2, 0.25) is 0 Å². The first-order valence-corrected chi connectivity index (χ1v) is 4.66. The molecule has 2 N–H and O–H groups in total. The number of aromatic amines is 2. The van der Waals surface area contributed by atoms with Crippen molar-refractivity contribution in [3.63, 3.8) is 0 Å². The van der Waals surface area contributed by atoms with E-state index in [1.165, 1.54) is 0 Å². The topological polar surface area (TPSA) is 109 Å². The lowest BCUT2D eigenvalue weighted by Gasteiger charge is -2.01. The molecule has 0 saturated carbocycles. The van der Waals surface area contributed by atoms with E-state index in [4.69, 9.17) is 0 Å². The number of aromatic nitrogens is 2. The Morgan fingerprint density at radius 2 is 1.71 bits per heavy atom. The van der Waals surface area contributed by atoms with E-state index in [2.05, 4.69) is 4.98 Å². The lowest BCUT2D eigenvalue weighted by atomic mass is 10.1. The van der Waals surface area contributed by atoms with Gasteiger partial charge in [0.05, 0.1) is 4.92 Å². The van der Waals surface area contributed by atoms with Crippen LogP contribution in [0.25, 0.3) is 11.3 Å². The van der Waals surface area contributed by atoms with Crippen molar-refractivity contribution in [1.82, 2.24) is 9.97 Å². The van der Waals surface area contributed by atoms with E-state index in [1.54, 1.807) is 30.3 Å². The van der Waals surface area contributed by atoms with Crippen LogP contribution in [0, 0.1) is 10.1 Å². The molecule has 0 unspecified atom stereocenters. The minimum Gasteiger partial charge on any atom is -0.301 e. The van der Waals surface area contributed by atoms with Gasteiger partial charge in [0.15, 0.2) is 0 Å². The third-order valence-electron chi connectivity index (χ3n) is 2.16. The van der Waals surface area contributed by atoms with Gasteiger partial charge in [-0.15, -0.1) is 0 Å². The molecule has 0 spiro atoms. The van der Waals surface area contributed by atoms with Gasteiger partial charge in [-0.2, -0.15) is 0 Å². The van der Waals surface area contributed by atoms with Crippen molar-refractivity contribution < 1.29 is 4.92 Å². The normalized spacial score (nSPS) is 10.1. The molecule has 2 rings (SSSR count).